The molecule has 16 aliphatic carbocycles. The van der Waals surface area contributed by atoms with E-state index in [2.05, 4.69) is 124 Å². The van der Waals surface area contributed by atoms with Crippen LogP contribution in [0, 0.1) is 179 Å². The molecule has 39 atom stereocenters. The van der Waals surface area contributed by atoms with Gasteiger partial charge in [-0.15, -0.1) is 0 Å². The largest absolute Gasteiger partial charge is 0.390 e. The number of ether oxygens (including phenoxy) is 2. The van der Waals surface area contributed by atoms with Crippen molar-refractivity contribution < 1.29 is 50.3 Å². The molecular formula is C116H206O10. The fourth-order valence-electron chi connectivity index (χ4n) is 38.2. The maximum atomic E-state index is 10.8. The molecule has 10 heteroatoms. The molecule has 0 radical (unpaired) electrons. The highest BCUT2D eigenvalue weighted by atomic mass is 16.5. The molecule has 0 heterocycles. The average Bonchev–Trinajstić information content (AvgIpc) is 1.43. The van der Waals surface area contributed by atoms with E-state index in [0.29, 0.717) is 68.4 Å². The predicted molar refractivity (Wildman–Crippen MR) is 522 cm³/mol. The topological polar surface area (TPSA) is 180 Å². The molecule has 10 nitrogen and oxygen atoms in total. The summed E-state index contributed by atoms with van der Waals surface area (Å²) in [5, 5.41) is 85.9. The molecule has 0 spiro atoms. The van der Waals surface area contributed by atoms with Gasteiger partial charge in [-0.05, 0) is 537 Å². The lowest BCUT2D eigenvalue weighted by atomic mass is 9.43. The van der Waals surface area contributed by atoms with Crippen LogP contribution in [-0.4, -0.2) is 113 Å². The molecule has 126 heavy (non-hydrogen) atoms. The number of allylic oxidation sites excluding steroid dienone is 1. The van der Waals surface area contributed by atoms with Gasteiger partial charge >= 0.3 is 0 Å². The van der Waals surface area contributed by atoms with E-state index in [1.807, 2.05) is 34.6 Å². The van der Waals surface area contributed by atoms with Crippen molar-refractivity contribution in [1.29, 1.82) is 0 Å². The molecule has 0 bridgehead atoms. The molecule has 0 aromatic heterocycles. The van der Waals surface area contributed by atoms with Crippen molar-refractivity contribution in [2.24, 2.45) is 179 Å². The van der Waals surface area contributed by atoms with Gasteiger partial charge in [0.15, 0.2) is 0 Å². The molecule has 0 aromatic carbocycles. The first kappa shape index (κ1) is 103. The monoisotopic (exact) mass is 1760 g/mol. The highest BCUT2D eigenvalue weighted by Crippen LogP contribution is 2.75. The SMILES string of the molecule is CCCC(C)(O)CC[C@@H](C)[C@H]1CC[C@H]2[C@@H]3CC[C@H]4C[C@@](C)(O)CC[C@]4(C)[C@H]3CC[C@]12C.CCC[C@](C)(O)CC[C@@H](C)[C@H]1CC[C@H]2[C@@H]3CC[C@H]4C[C@@](C)(O)CC[C@]4(C)[C@H]3CC[C@]12C.COCCC(C)(O)CC[C@@H](C)[C@H]1CC[C@H]2[C@@H]3CC=C4C[C@@](C)(O)CC[C@]4(C)[C@H]3CC[C@]12C.COCC[C@](C)(O)CC[C@@H](C)[C@H]1CC[C@H]2[C@@H]3CC[C@H]4C[C@@](C)(O)CC[C@]4(C)[C@H]3CC[C@]12C. The lowest BCUT2D eigenvalue weighted by molar-refractivity contribution is -0.148. The van der Waals surface area contributed by atoms with Gasteiger partial charge in [-0.1, -0.05) is 121 Å². The standard InChI is InChI=1S/C29H52O3.C29H50O3.2C29H52O2/c2*1-20(11-13-26(2,30)17-18-32-6)23-9-10-24-22-8-7-21-19-27(3,31)15-16-28(21,4)25(22)12-14-29(23,24)5;2*1-7-14-26(3,30)15-12-20(2)23-10-11-24-22-9-8-21-19-27(4,31)17-18-28(21,5)25(22)13-16-29(23,24)6/h20-25,30-31H,7-19H2,1-6H3;7,20,22-25,30-31H,8-19H2,1-6H3;2*20-25,30-31H,7-19H2,1-6H3/t20-,21+,22+,23-,24+,25+,26-,27+,28+,29-;20-,22+,23-,24+,25+,26?,27+,28+,29-;20-,21+,22+,23-,24+,25+,26?,27+,28+,29-;20-,21+,22+,23-,24+,25+,26+,27+,28+,29-/m1111/s1. The van der Waals surface area contributed by atoms with Gasteiger partial charge in [-0.3, -0.25) is 0 Å². The van der Waals surface area contributed by atoms with E-state index in [0.717, 1.165) is 259 Å². The Morgan fingerprint density at radius 2 is 0.579 bits per heavy atom. The van der Waals surface area contributed by atoms with Gasteiger partial charge < -0.3 is 50.3 Å². The summed E-state index contributed by atoms with van der Waals surface area (Å²) in [7, 11) is 3.44. The number of hydrogen-bond donors (Lipinski definition) is 8. The zero-order chi connectivity index (χ0) is 92.0. The molecule has 15 fully saturated rings. The minimum Gasteiger partial charge on any atom is -0.390 e. The van der Waals surface area contributed by atoms with Gasteiger partial charge in [0, 0.05) is 27.4 Å². The molecule has 730 valence electrons. The van der Waals surface area contributed by atoms with Crippen LogP contribution < -0.4 is 0 Å². The second-order valence-electron chi connectivity index (χ2n) is 55.0. The Kier molecular flexibility index (Phi) is 31.5. The van der Waals surface area contributed by atoms with Crippen molar-refractivity contribution in [3.63, 3.8) is 0 Å². The summed E-state index contributed by atoms with van der Waals surface area (Å²) >= 11 is 0. The third-order valence-electron chi connectivity index (χ3n) is 46.1. The Balaban J connectivity index is 0.000000144. The first-order chi connectivity index (χ1) is 58.7. The molecule has 0 aliphatic heterocycles. The number of methoxy groups -OCH3 is 2. The van der Waals surface area contributed by atoms with Crippen LogP contribution in [0.2, 0.25) is 0 Å². The first-order valence-corrected chi connectivity index (χ1v) is 55.1. The van der Waals surface area contributed by atoms with Gasteiger partial charge in [-0.25, -0.2) is 0 Å². The highest BCUT2D eigenvalue weighted by Gasteiger charge is 2.67. The van der Waals surface area contributed by atoms with Crippen LogP contribution in [0.1, 0.15) is 467 Å². The van der Waals surface area contributed by atoms with Gasteiger partial charge in [-0.2, -0.15) is 0 Å². The average molecular weight is 1760 g/mol. The summed E-state index contributed by atoms with van der Waals surface area (Å²) in [5.41, 5.74) is 1.31. The summed E-state index contributed by atoms with van der Waals surface area (Å²) in [5.74, 6) is 18.9. The zero-order valence-electron chi connectivity index (χ0n) is 86.8. The summed E-state index contributed by atoms with van der Waals surface area (Å²) < 4.78 is 10.4. The molecule has 0 saturated heterocycles. The van der Waals surface area contributed by atoms with Crippen molar-refractivity contribution in [2.75, 3.05) is 27.4 Å². The van der Waals surface area contributed by atoms with E-state index in [1.165, 1.54) is 180 Å². The van der Waals surface area contributed by atoms with Crippen LogP contribution in [-0.2, 0) is 9.47 Å². The summed E-state index contributed by atoms with van der Waals surface area (Å²) in [4.78, 5) is 0. The van der Waals surface area contributed by atoms with Crippen LogP contribution >= 0.6 is 0 Å². The first-order valence-electron chi connectivity index (χ1n) is 55.1. The zero-order valence-corrected chi connectivity index (χ0v) is 86.8. The van der Waals surface area contributed by atoms with E-state index in [-0.39, 0.29) is 0 Å². The van der Waals surface area contributed by atoms with Crippen LogP contribution in [0.25, 0.3) is 0 Å². The Labute approximate surface area is 776 Å². The lowest BCUT2D eigenvalue weighted by Gasteiger charge is -2.62. The molecule has 16 aliphatic rings. The highest BCUT2D eigenvalue weighted by molar-refractivity contribution is 5.27. The predicted octanol–water partition coefficient (Wildman–Crippen LogP) is 27.8. The van der Waals surface area contributed by atoms with Crippen molar-refractivity contribution in [3.8, 4) is 0 Å². The Morgan fingerprint density at radius 3 is 0.873 bits per heavy atom. The lowest BCUT2D eigenvalue weighted by Crippen LogP contribution is -2.55. The van der Waals surface area contributed by atoms with Crippen LogP contribution in [0.5, 0.6) is 0 Å². The Bertz CT molecular complexity index is 3440. The number of fused-ring (bicyclic) bond motifs is 20. The number of hydrogen-bond acceptors (Lipinski definition) is 10. The minimum absolute atomic E-state index is 0.316. The van der Waals surface area contributed by atoms with Gasteiger partial charge in [0.25, 0.3) is 0 Å². The van der Waals surface area contributed by atoms with E-state index in [9.17, 15) is 40.9 Å². The van der Waals surface area contributed by atoms with Crippen molar-refractivity contribution in [2.45, 2.75) is 512 Å². The second-order valence-corrected chi connectivity index (χ2v) is 55.0. The summed E-state index contributed by atoms with van der Waals surface area (Å²) in [6.07, 6.45) is 61.1. The van der Waals surface area contributed by atoms with Gasteiger partial charge in [0.2, 0.25) is 0 Å². The van der Waals surface area contributed by atoms with Crippen molar-refractivity contribution in [1.82, 2.24) is 0 Å². The Hall–Kier alpha value is -0.660. The molecule has 0 amide bonds. The van der Waals surface area contributed by atoms with Crippen molar-refractivity contribution in [3.05, 3.63) is 11.6 Å². The number of aliphatic hydroxyl groups is 8. The van der Waals surface area contributed by atoms with Crippen LogP contribution in [0.4, 0.5) is 0 Å². The second kappa shape index (κ2) is 38.6. The fraction of sp³-hybridized carbons (Fsp3) is 0.983. The van der Waals surface area contributed by atoms with Gasteiger partial charge in [0.05, 0.1) is 44.8 Å². The van der Waals surface area contributed by atoms with E-state index >= 15 is 0 Å². The smallest absolute Gasteiger partial charge is 0.0657 e. The van der Waals surface area contributed by atoms with E-state index in [1.54, 1.807) is 19.8 Å². The fourth-order valence-corrected chi connectivity index (χ4v) is 38.2. The quantitative estimate of drug-likeness (QED) is 0.0389. The van der Waals surface area contributed by atoms with Crippen LogP contribution in [0.3, 0.4) is 0 Å². The molecule has 8 N–H and O–H groups in total. The third kappa shape index (κ3) is 20.9. The third-order valence-corrected chi connectivity index (χ3v) is 46.1. The molecule has 0 aromatic rings. The van der Waals surface area contributed by atoms with Gasteiger partial charge in [0.1, 0.15) is 0 Å². The molecule has 2 unspecified atom stereocenters. The molecule has 16 rings (SSSR count). The van der Waals surface area contributed by atoms with E-state index in [4.69, 9.17) is 9.47 Å². The summed E-state index contributed by atoms with van der Waals surface area (Å²) in [6.45, 7) is 52.8. The number of rotatable bonds is 26. The normalized spacial score (nSPS) is 48.9. The molecule has 15 saturated carbocycles. The maximum absolute atomic E-state index is 10.8. The van der Waals surface area contributed by atoms with E-state index < -0.39 is 44.8 Å². The molecular weight excluding hydrogens is 1550 g/mol. The Morgan fingerprint density at radius 1 is 0.310 bits per heavy atom. The van der Waals surface area contributed by atoms with Crippen LogP contribution in [0.15, 0.2) is 11.6 Å². The maximum Gasteiger partial charge on any atom is 0.0657 e. The van der Waals surface area contributed by atoms with Crippen molar-refractivity contribution >= 4 is 0 Å². The minimum atomic E-state index is -0.609. The summed E-state index contributed by atoms with van der Waals surface area (Å²) in [6, 6.07) is 0.